The summed E-state index contributed by atoms with van der Waals surface area (Å²) in [5.74, 6) is 0.882. The van der Waals surface area contributed by atoms with E-state index in [4.69, 9.17) is 4.74 Å². The van der Waals surface area contributed by atoms with Crippen molar-refractivity contribution in [2.75, 3.05) is 19.0 Å². The van der Waals surface area contributed by atoms with Gasteiger partial charge in [0.15, 0.2) is 0 Å². The number of hydrogen-bond acceptors (Lipinski definition) is 3. The zero-order valence-electron chi connectivity index (χ0n) is 10.5. The molecule has 0 amide bonds. The van der Waals surface area contributed by atoms with Gasteiger partial charge in [0.05, 0.1) is 12.8 Å². The standard InChI is InChI=1S/C13H16FN3O/c1-3-6-15-13-16-7-8-17(13)11-5-4-10(14)9-12(11)18-2/h4-5,7-9H,3,6H2,1-2H3,(H,15,16). The van der Waals surface area contributed by atoms with Crippen LogP contribution in [0, 0.1) is 5.82 Å². The first kappa shape index (κ1) is 12.4. The maximum absolute atomic E-state index is 13.2. The molecule has 1 heterocycles. The van der Waals surface area contributed by atoms with E-state index in [0.29, 0.717) is 5.75 Å². The molecule has 1 aromatic carbocycles. The van der Waals surface area contributed by atoms with E-state index < -0.39 is 0 Å². The first-order valence-electron chi connectivity index (χ1n) is 5.87. The van der Waals surface area contributed by atoms with E-state index in [2.05, 4.69) is 17.2 Å². The normalized spacial score (nSPS) is 10.4. The number of nitrogens with one attached hydrogen (secondary N) is 1. The molecule has 4 nitrogen and oxygen atoms in total. The third-order valence-corrected chi connectivity index (χ3v) is 2.58. The van der Waals surface area contributed by atoms with Gasteiger partial charge in [-0.15, -0.1) is 0 Å². The second kappa shape index (κ2) is 5.53. The minimum atomic E-state index is -0.321. The number of anilines is 1. The SMILES string of the molecule is CCCNc1nccn1-c1ccc(F)cc1OC. The number of nitrogens with zero attached hydrogens (tertiary/aromatic N) is 2. The molecular formula is C13H16FN3O. The van der Waals surface area contributed by atoms with Crippen LogP contribution in [0.1, 0.15) is 13.3 Å². The summed E-state index contributed by atoms with van der Waals surface area (Å²) < 4.78 is 20.2. The number of hydrogen-bond donors (Lipinski definition) is 1. The number of rotatable bonds is 5. The van der Waals surface area contributed by atoms with Crippen LogP contribution in [0.5, 0.6) is 5.75 Å². The van der Waals surface area contributed by atoms with Crippen molar-refractivity contribution in [1.29, 1.82) is 0 Å². The molecule has 96 valence electrons. The van der Waals surface area contributed by atoms with Gasteiger partial charge in [-0.05, 0) is 18.6 Å². The van der Waals surface area contributed by atoms with E-state index >= 15 is 0 Å². The molecule has 0 spiro atoms. The lowest BCUT2D eigenvalue weighted by Gasteiger charge is -2.12. The molecule has 0 aliphatic heterocycles. The van der Waals surface area contributed by atoms with Crippen molar-refractivity contribution in [3.63, 3.8) is 0 Å². The number of halogens is 1. The van der Waals surface area contributed by atoms with E-state index in [1.807, 2.05) is 10.8 Å². The molecule has 0 atom stereocenters. The molecule has 0 aliphatic rings. The molecule has 2 rings (SSSR count). The lowest BCUT2D eigenvalue weighted by atomic mass is 10.3. The topological polar surface area (TPSA) is 39.1 Å². The molecule has 0 aliphatic carbocycles. The molecule has 1 aromatic heterocycles. The summed E-state index contributed by atoms with van der Waals surface area (Å²) in [6.45, 7) is 2.92. The van der Waals surface area contributed by atoms with Crippen molar-refractivity contribution in [3.8, 4) is 11.4 Å². The van der Waals surface area contributed by atoms with Gasteiger partial charge in [0.2, 0.25) is 5.95 Å². The fraction of sp³-hybridized carbons (Fsp3) is 0.308. The summed E-state index contributed by atoms with van der Waals surface area (Å²) in [7, 11) is 1.52. The smallest absolute Gasteiger partial charge is 0.207 e. The minimum absolute atomic E-state index is 0.321. The summed E-state index contributed by atoms with van der Waals surface area (Å²) in [4.78, 5) is 4.23. The fourth-order valence-corrected chi connectivity index (χ4v) is 1.72. The van der Waals surface area contributed by atoms with Crippen LogP contribution in [-0.2, 0) is 0 Å². The summed E-state index contributed by atoms with van der Waals surface area (Å²) in [6.07, 6.45) is 4.52. The molecule has 0 radical (unpaired) electrons. The zero-order chi connectivity index (χ0) is 13.0. The Kier molecular flexibility index (Phi) is 3.82. The predicted octanol–water partition coefficient (Wildman–Crippen LogP) is 2.84. The Hall–Kier alpha value is -2.04. The number of ether oxygens (including phenoxy) is 1. The van der Waals surface area contributed by atoms with Crippen LogP contribution in [-0.4, -0.2) is 23.2 Å². The van der Waals surface area contributed by atoms with E-state index in [1.54, 1.807) is 12.3 Å². The molecule has 0 unspecified atom stereocenters. The lowest BCUT2D eigenvalue weighted by molar-refractivity contribution is 0.409. The highest BCUT2D eigenvalue weighted by molar-refractivity contribution is 5.51. The van der Waals surface area contributed by atoms with Crippen LogP contribution in [0.2, 0.25) is 0 Å². The number of aromatic nitrogens is 2. The average molecular weight is 249 g/mol. The van der Waals surface area contributed by atoms with Gasteiger partial charge in [-0.3, -0.25) is 4.57 Å². The Labute approximate surface area is 105 Å². The highest BCUT2D eigenvalue weighted by Gasteiger charge is 2.10. The highest BCUT2D eigenvalue weighted by atomic mass is 19.1. The Morgan fingerprint density at radius 3 is 3.00 bits per heavy atom. The molecular weight excluding hydrogens is 233 g/mol. The maximum atomic E-state index is 13.2. The molecule has 1 N–H and O–H groups in total. The highest BCUT2D eigenvalue weighted by Crippen LogP contribution is 2.26. The van der Waals surface area contributed by atoms with Gasteiger partial charge >= 0.3 is 0 Å². The first-order chi connectivity index (χ1) is 8.76. The molecule has 0 saturated heterocycles. The van der Waals surface area contributed by atoms with Crippen molar-refractivity contribution < 1.29 is 9.13 Å². The minimum Gasteiger partial charge on any atom is -0.494 e. The number of benzene rings is 1. The van der Waals surface area contributed by atoms with Gasteiger partial charge in [0, 0.05) is 25.0 Å². The van der Waals surface area contributed by atoms with Crippen LogP contribution < -0.4 is 10.1 Å². The van der Waals surface area contributed by atoms with Crippen molar-refractivity contribution in [1.82, 2.24) is 9.55 Å². The lowest BCUT2D eigenvalue weighted by Crippen LogP contribution is -2.07. The van der Waals surface area contributed by atoms with Crippen LogP contribution >= 0.6 is 0 Å². The van der Waals surface area contributed by atoms with E-state index in [0.717, 1.165) is 24.6 Å². The van der Waals surface area contributed by atoms with Gasteiger partial charge < -0.3 is 10.1 Å². The quantitative estimate of drug-likeness (QED) is 0.885. The summed E-state index contributed by atoms with van der Waals surface area (Å²) in [5, 5.41) is 3.21. The Bertz CT molecular complexity index is 525. The second-order valence-corrected chi connectivity index (χ2v) is 3.86. The van der Waals surface area contributed by atoms with E-state index in [9.17, 15) is 4.39 Å². The van der Waals surface area contributed by atoms with Crippen molar-refractivity contribution in [2.45, 2.75) is 13.3 Å². The van der Waals surface area contributed by atoms with Gasteiger partial charge in [0.25, 0.3) is 0 Å². The Morgan fingerprint density at radius 1 is 1.44 bits per heavy atom. The van der Waals surface area contributed by atoms with E-state index in [1.165, 1.54) is 19.2 Å². The Balaban J connectivity index is 2.39. The van der Waals surface area contributed by atoms with Crippen molar-refractivity contribution in [3.05, 3.63) is 36.4 Å². The molecule has 0 bridgehead atoms. The zero-order valence-corrected chi connectivity index (χ0v) is 10.5. The maximum Gasteiger partial charge on any atom is 0.207 e. The van der Waals surface area contributed by atoms with Crippen LogP contribution in [0.3, 0.4) is 0 Å². The van der Waals surface area contributed by atoms with Gasteiger partial charge in [-0.25, -0.2) is 9.37 Å². The van der Waals surface area contributed by atoms with Crippen molar-refractivity contribution in [2.24, 2.45) is 0 Å². The van der Waals surface area contributed by atoms with Crippen molar-refractivity contribution >= 4 is 5.95 Å². The monoisotopic (exact) mass is 249 g/mol. The van der Waals surface area contributed by atoms with Gasteiger partial charge in [0.1, 0.15) is 11.6 Å². The van der Waals surface area contributed by atoms with Gasteiger partial charge in [-0.1, -0.05) is 6.92 Å². The number of methoxy groups -OCH3 is 1. The van der Waals surface area contributed by atoms with Crippen LogP contribution in [0.15, 0.2) is 30.6 Å². The fourth-order valence-electron chi connectivity index (χ4n) is 1.72. The molecule has 5 heteroatoms. The first-order valence-corrected chi connectivity index (χ1v) is 5.87. The largest absolute Gasteiger partial charge is 0.494 e. The molecule has 0 fully saturated rings. The van der Waals surface area contributed by atoms with Crippen LogP contribution in [0.25, 0.3) is 5.69 Å². The third-order valence-electron chi connectivity index (χ3n) is 2.58. The second-order valence-electron chi connectivity index (χ2n) is 3.86. The molecule has 2 aromatic rings. The predicted molar refractivity (Wildman–Crippen MR) is 68.9 cm³/mol. The summed E-state index contributed by atoms with van der Waals surface area (Å²) in [5.41, 5.74) is 0.759. The van der Waals surface area contributed by atoms with Crippen LogP contribution in [0.4, 0.5) is 10.3 Å². The average Bonchev–Trinajstić information content (AvgIpc) is 2.84. The summed E-state index contributed by atoms with van der Waals surface area (Å²) >= 11 is 0. The number of imidazole rings is 1. The molecule has 18 heavy (non-hydrogen) atoms. The molecule has 0 saturated carbocycles. The summed E-state index contributed by atoms with van der Waals surface area (Å²) in [6, 6.07) is 4.44. The van der Waals surface area contributed by atoms with E-state index in [-0.39, 0.29) is 5.82 Å². The van der Waals surface area contributed by atoms with Gasteiger partial charge in [-0.2, -0.15) is 0 Å². The third kappa shape index (κ3) is 2.45. The Morgan fingerprint density at radius 2 is 2.28 bits per heavy atom.